The van der Waals surface area contributed by atoms with E-state index < -0.39 is 6.09 Å². The topological polar surface area (TPSA) is 69.2 Å². The van der Waals surface area contributed by atoms with Gasteiger partial charge in [-0.1, -0.05) is 11.6 Å². The van der Waals surface area contributed by atoms with Crippen LogP contribution in [0.3, 0.4) is 0 Å². The summed E-state index contributed by atoms with van der Waals surface area (Å²) in [6.45, 7) is 1.11. The van der Waals surface area contributed by atoms with E-state index in [4.69, 9.17) is 21.1 Å². The number of hydrogen-bond donors (Lipinski definition) is 1. The monoisotopic (exact) mass is 362 g/mol. The van der Waals surface area contributed by atoms with Gasteiger partial charge in [0.1, 0.15) is 11.5 Å². The van der Waals surface area contributed by atoms with Gasteiger partial charge in [0.05, 0.1) is 26.5 Å². The van der Waals surface area contributed by atoms with Crippen LogP contribution in [0.4, 0.5) is 4.79 Å². The summed E-state index contributed by atoms with van der Waals surface area (Å²) in [5, 5.41) is 4.43. The number of halogens is 1. The fourth-order valence-corrected chi connectivity index (χ4v) is 1.95. The second-order valence-corrected chi connectivity index (χ2v) is 5.37. The van der Waals surface area contributed by atoms with Gasteiger partial charge < -0.3 is 14.2 Å². The molecule has 0 heterocycles. The lowest BCUT2D eigenvalue weighted by Gasteiger charge is -2.08. The van der Waals surface area contributed by atoms with Crippen LogP contribution < -0.4 is 14.9 Å². The Hall–Kier alpha value is -2.73. The summed E-state index contributed by atoms with van der Waals surface area (Å²) in [6.07, 6.45) is 1.66. The fourth-order valence-electron chi connectivity index (χ4n) is 1.83. The predicted molar refractivity (Wildman–Crippen MR) is 96.6 cm³/mol. The maximum absolute atomic E-state index is 10.8. The van der Waals surface area contributed by atoms with E-state index >= 15 is 0 Å². The Labute approximate surface area is 151 Å². The van der Waals surface area contributed by atoms with Gasteiger partial charge >= 0.3 is 6.09 Å². The molecule has 6 nitrogen and oxygen atoms in total. The molecule has 0 unspecified atom stereocenters. The van der Waals surface area contributed by atoms with Crippen molar-refractivity contribution in [3.63, 3.8) is 0 Å². The van der Waals surface area contributed by atoms with E-state index in [-0.39, 0.29) is 0 Å². The van der Waals surface area contributed by atoms with Gasteiger partial charge in [0, 0.05) is 11.4 Å². The number of carbonyl (C=O) groups excluding carboxylic acids is 1. The van der Waals surface area contributed by atoms with Crippen molar-refractivity contribution in [1.82, 2.24) is 5.43 Å². The third-order valence-corrected chi connectivity index (χ3v) is 3.33. The Kier molecular flexibility index (Phi) is 7.59. The lowest BCUT2D eigenvalue weighted by atomic mass is 10.2. The molecule has 2 aromatic carbocycles. The molecule has 132 valence electrons. The van der Waals surface area contributed by atoms with Gasteiger partial charge in [-0.25, -0.2) is 10.2 Å². The molecule has 0 aliphatic rings. The molecule has 2 aromatic rings. The van der Waals surface area contributed by atoms with Gasteiger partial charge in [-0.15, -0.1) is 0 Å². The van der Waals surface area contributed by atoms with Gasteiger partial charge in [0.2, 0.25) is 0 Å². The standard InChI is InChI=1S/C18H19ClN2O4/c1-23-18(22)21-20-13-14-3-7-16(8-4-14)24-11-2-12-25-17-9-5-15(19)6-10-17/h3-10,13H,2,11-12H2,1H3,(H,21,22)/b20-13+. The molecule has 0 aromatic heterocycles. The Balaban J connectivity index is 1.65. The van der Waals surface area contributed by atoms with E-state index in [0.717, 1.165) is 23.5 Å². The number of carbonyl (C=O) groups is 1. The van der Waals surface area contributed by atoms with Crippen LogP contribution in [-0.2, 0) is 4.74 Å². The number of benzene rings is 2. The smallest absolute Gasteiger partial charge is 0.427 e. The summed E-state index contributed by atoms with van der Waals surface area (Å²) < 4.78 is 15.6. The second-order valence-electron chi connectivity index (χ2n) is 4.94. The summed E-state index contributed by atoms with van der Waals surface area (Å²) in [5.74, 6) is 1.54. The first-order valence-electron chi connectivity index (χ1n) is 7.65. The molecule has 0 aliphatic carbocycles. The van der Waals surface area contributed by atoms with Crippen molar-refractivity contribution < 1.29 is 19.0 Å². The minimum absolute atomic E-state index is 0.547. The first-order valence-corrected chi connectivity index (χ1v) is 8.03. The Morgan fingerprint density at radius 3 is 2.16 bits per heavy atom. The van der Waals surface area contributed by atoms with Gasteiger partial charge in [0.15, 0.2) is 0 Å². The van der Waals surface area contributed by atoms with E-state index in [9.17, 15) is 4.79 Å². The van der Waals surface area contributed by atoms with E-state index in [0.29, 0.717) is 18.2 Å². The van der Waals surface area contributed by atoms with Crippen LogP contribution in [0.25, 0.3) is 0 Å². The van der Waals surface area contributed by atoms with Gasteiger partial charge in [-0.05, 0) is 54.1 Å². The third kappa shape index (κ3) is 7.14. The van der Waals surface area contributed by atoms with Crippen molar-refractivity contribution in [2.45, 2.75) is 6.42 Å². The minimum atomic E-state index is -0.614. The first kappa shape index (κ1) is 18.6. The molecule has 0 radical (unpaired) electrons. The number of ether oxygens (including phenoxy) is 3. The van der Waals surface area contributed by atoms with Crippen LogP contribution in [0.1, 0.15) is 12.0 Å². The van der Waals surface area contributed by atoms with Crippen LogP contribution in [0.15, 0.2) is 53.6 Å². The summed E-state index contributed by atoms with van der Waals surface area (Å²) >= 11 is 5.82. The zero-order valence-electron chi connectivity index (χ0n) is 13.8. The molecule has 0 fully saturated rings. The van der Waals surface area contributed by atoms with Crippen LogP contribution >= 0.6 is 11.6 Å². The number of nitrogens with zero attached hydrogens (tertiary/aromatic N) is 1. The van der Waals surface area contributed by atoms with Crippen molar-refractivity contribution in [2.24, 2.45) is 5.10 Å². The van der Waals surface area contributed by atoms with E-state index in [1.165, 1.54) is 13.3 Å². The number of methoxy groups -OCH3 is 1. The molecule has 0 saturated carbocycles. The average molecular weight is 363 g/mol. The zero-order valence-corrected chi connectivity index (χ0v) is 14.5. The largest absolute Gasteiger partial charge is 0.493 e. The second kappa shape index (κ2) is 10.2. The molecule has 0 aliphatic heterocycles. The highest BCUT2D eigenvalue weighted by Crippen LogP contribution is 2.16. The number of hydrogen-bond acceptors (Lipinski definition) is 5. The molecule has 0 atom stereocenters. The maximum Gasteiger partial charge on any atom is 0.427 e. The quantitative estimate of drug-likeness (QED) is 0.439. The van der Waals surface area contributed by atoms with Crippen molar-refractivity contribution in [3.05, 3.63) is 59.1 Å². The Bertz CT molecular complexity index is 687. The first-order chi connectivity index (χ1) is 12.2. The highest BCUT2D eigenvalue weighted by atomic mass is 35.5. The summed E-state index contributed by atoms with van der Waals surface area (Å²) in [5.41, 5.74) is 3.04. The van der Waals surface area contributed by atoms with E-state index in [2.05, 4.69) is 15.3 Å². The average Bonchev–Trinajstić information content (AvgIpc) is 2.64. The summed E-state index contributed by atoms with van der Waals surface area (Å²) in [4.78, 5) is 10.8. The number of rotatable bonds is 8. The molecular formula is C18H19ClN2O4. The molecule has 2 rings (SSSR count). The third-order valence-electron chi connectivity index (χ3n) is 3.07. The normalized spacial score (nSPS) is 10.5. The molecule has 0 spiro atoms. The number of nitrogens with one attached hydrogen (secondary N) is 1. The van der Waals surface area contributed by atoms with Crippen molar-refractivity contribution in [1.29, 1.82) is 0 Å². The maximum atomic E-state index is 10.8. The van der Waals surface area contributed by atoms with Crippen molar-refractivity contribution in [2.75, 3.05) is 20.3 Å². The molecule has 0 bridgehead atoms. The zero-order chi connectivity index (χ0) is 17.9. The SMILES string of the molecule is COC(=O)N/N=C/c1ccc(OCCCOc2ccc(Cl)cc2)cc1. The van der Waals surface area contributed by atoms with Crippen LogP contribution in [0.5, 0.6) is 11.5 Å². The molecule has 25 heavy (non-hydrogen) atoms. The Morgan fingerprint density at radius 2 is 1.60 bits per heavy atom. The van der Waals surface area contributed by atoms with E-state index in [1.807, 2.05) is 36.4 Å². The molecule has 1 amide bonds. The summed E-state index contributed by atoms with van der Waals surface area (Å²) in [7, 11) is 1.28. The van der Waals surface area contributed by atoms with E-state index in [1.54, 1.807) is 12.1 Å². The van der Waals surface area contributed by atoms with Gasteiger partial charge in [-0.3, -0.25) is 0 Å². The summed E-state index contributed by atoms with van der Waals surface area (Å²) in [6, 6.07) is 14.6. The van der Waals surface area contributed by atoms with Crippen LogP contribution in [0.2, 0.25) is 5.02 Å². The highest BCUT2D eigenvalue weighted by Gasteiger charge is 1.97. The highest BCUT2D eigenvalue weighted by molar-refractivity contribution is 6.30. The van der Waals surface area contributed by atoms with Gasteiger partial charge in [0.25, 0.3) is 0 Å². The number of amides is 1. The number of hydrazone groups is 1. The molecule has 0 saturated heterocycles. The van der Waals surface area contributed by atoms with Crippen molar-refractivity contribution >= 4 is 23.9 Å². The minimum Gasteiger partial charge on any atom is -0.493 e. The molecule has 1 N–H and O–H groups in total. The van der Waals surface area contributed by atoms with Crippen molar-refractivity contribution in [3.8, 4) is 11.5 Å². The predicted octanol–water partition coefficient (Wildman–Crippen LogP) is 3.88. The van der Waals surface area contributed by atoms with Crippen LogP contribution in [0, 0.1) is 0 Å². The molecular weight excluding hydrogens is 344 g/mol. The molecule has 7 heteroatoms. The lowest BCUT2D eigenvalue weighted by Crippen LogP contribution is -2.16. The van der Waals surface area contributed by atoms with Gasteiger partial charge in [-0.2, -0.15) is 5.10 Å². The fraction of sp³-hybridized carbons (Fsp3) is 0.222. The Morgan fingerprint density at radius 1 is 1.04 bits per heavy atom. The van der Waals surface area contributed by atoms with Crippen LogP contribution in [-0.4, -0.2) is 32.6 Å². The lowest BCUT2D eigenvalue weighted by molar-refractivity contribution is 0.171.